The fourth-order valence-electron chi connectivity index (χ4n) is 4.96. The number of ether oxygens (including phenoxy) is 1. The molecule has 0 aromatic carbocycles. The van der Waals surface area contributed by atoms with E-state index in [4.69, 9.17) is 4.74 Å². The number of nitrogens with zero attached hydrogens (tertiary/aromatic N) is 3. The van der Waals surface area contributed by atoms with Gasteiger partial charge in [0.1, 0.15) is 29.8 Å². The molecule has 16 nitrogen and oxygen atoms in total. The molecule has 0 saturated heterocycles. The molecule has 0 unspecified atom stereocenters. The third-order valence-electron chi connectivity index (χ3n) is 7.79. The van der Waals surface area contributed by atoms with Crippen LogP contribution >= 0.6 is 0 Å². The Morgan fingerprint density at radius 2 is 1.33 bits per heavy atom. The van der Waals surface area contributed by atoms with Crippen LogP contribution in [-0.2, 0) is 38.3 Å². The van der Waals surface area contributed by atoms with Gasteiger partial charge in [0.2, 0.25) is 35.4 Å². The topological polar surface area (TPSA) is 204 Å². The van der Waals surface area contributed by atoms with Crippen LogP contribution in [0.3, 0.4) is 0 Å². The number of hydrogen-bond donors (Lipinski definition) is 4. The zero-order chi connectivity index (χ0) is 38.4. The molecule has 0 fully saturated rings. The van der Waals surface area contributed by atoms with Crippen molar-refractivity contribution in [3.05, 3.63) is 0 Å². The van der Waals surface area contributed by atoms with Crippen LogP contribution < -0.4 is 21.3 Å². The fraction of sp³-hybridized carbons (Fsp3) is 0.758. The van der Waals surface area contributed by atoms with Gasteiger partial charge in [0.05, 0.1) is 6.54 Å². The standard InChI is InChI=1S/C33H59N7O9/c1-14-15-25(42)38(11)18-26(43)39(12)24(17-33(8,9)49-22(7)41)30(46)36-27(20(4)5)31(47)40(13)23(16-19(2)3)29(45)35-21(6)28(44)37-32(48)34-10/h19-21,23-24,27H,14-18H2,1-13H3,(H,35,45)(H,36,46)(H2,34,37,44,48)/t21-,23+,24+,27+/m1/s1. The monoisotopic (exact) mass is 697 g/mol. The van der Waals surface area contributed by atoms with Crippen LogP contribution in [-0.4, -0.2) is 127 Å². The quantitative estimate of drug-likeness (QED) is 0.149. The van der Waals surface area contributed by atoms with Gasteiger partial charge in [-0.3, -0.25) is 38.9 Å². The summed E-state index contributed by atoms with van der Waals surface area (Å²) in [5.41, 5.74) is -1.19. The maximum Gasteiger partial charge on any atom is 0.321 e. The van der Waals surface area contributed by atoms with Crippen LogP contribution in [0.2, 0.25) is 0 Å². The van der Waals surface area contributed by atoms with Gasteiger partial charge in [0, 0.05) is 48.0 Å². The van der Waals surface area contributed by atoms with E-state index in [0.717, 1.165) is 0 Å². The average molecular weight is 698 g/mol. The first-order valence-electron chi connectivity index (χ1n) is 16.6. The number of likely N-dealkylation sites (N-methyl/N-ethyl adjacent to an activating group) is 3. The highest BCUT2D eigenvalue weighted by molar-refractivity contribution is 5.99. The van der Waals surface area contributed by atoms with Crippen LogP contribution in [0, 0.1) is 11.8 Å². The predicted octanol–water partition coefficient (Wildman–Crippen LogP) is 0.778. The minimum Gasteiger partial charge on any atom is -0.460 e. The molecule has 0 heterocycles. The Morgan fingerprint density at radius 1 is 0.776 bits per heavy atom. The lowest BCUT2D eigenvalue weighted by Gasteiger charge is -2.37. The molecule has 49 heavy (non-hydrogen) atoms. The molecule has 8 amide bonds. The number of nitrogens with one attached hydrogen (secondary N) is 4. The highest BCUT2D eigenvalue weighted by atomic mass is 16.6. The lowest BCUT2D eigenvalue weighted by atomic mass is 9.95. The molecule has 0 bridgehead atoms. The maximum atomic E-state index is 14.0. The molecule has 16 heteroatoms. The summed E-state index contributed by atoms with van der Waals surface area (Å²) in [6, 6.07) is -5.25. The summed E-state index contributed by atoms with van der Waals surface area (Å²) < 4.78 is 5.42. The van der Waals surface area contributed by atoms with Crippen molar-refractivity contribution in [1.29, 1.82) is 0 Å². The summed E-state index contributed by atoms with van der Waals surface area (Å²) >= 11 is 0. The van der Waals surface area contributed by atoms with Gasteiger partial charge in [0.15, 0.2) is 0 Å². The molecule has 0 radical (unpaired) electrons. The number of hydrogen-bond acceptors (Lipinski definition) is 9. The Balaban J connectivity index is 6.38. The maximum absolute atomic E-state index is 14.0. The van der Waals surface area contributed by atoms with Crippen molar-refractivity contribution in [2.45, 2.75) is 118 Å². The van der Waals surface area contributed by atoms with E-state index < -0.39 is 77.2 Å². The number of imide groups is 1. The second-order valence-electron chi connectivity index (χ2n) is 13.7. The molecule has 4 atom stereocenters. The Kier molecular flexibility index (Phi) is 18.6. The summed E-state index contributed by atoms with van der Waals surface area (Å²) in [6.45, 7) is 14.5. The van der Waals surface area contributed by atoms with E-state index in [1.54, 1.807) is 27.7 Å². The Bertz CT molecular complexity index is 1200. The van der Waals surface area contributed by atoms with E-state index in [-0.39, 0.29) is 37.6 Å². The van der Waals surface area contributed by atoms with E-state index in [2.05, 4.69) is 21.3 Å². The number of amides is 8. The van der Waals surface area contributed by atoms with Crippen molar-refractivity contribution in [3.8, 4) is 0 Å². The van der Waals surface area contributed by atoms with Crippen LogP contribution in [0.1, 0.15) is 88.0 Å². The molecule has 0 aliphatic carbocycles. The zero-order valence-corrected chi connectivity index (χ0v) is 31.5. The van der Waals surface area contributed by atoms with Gasteiger partial charge in [-0.05, 0) is 45.4 Å². The van der Waals surface area contributed by atoms with Crippen molar-refractivity contribution in [2.24, 2.45) is 11.8 Å². The van der Waals surface area contributed by atoms with E-state index in [0.29, 0.717) is 6.42 Å². The summed E-state index contributed by atoms with van der Waals surface area (Å²) in [7, 11) is 5.65. The first kappa shape index (κ1) is 44.8. The first-order valence-corrected chi connectivity index (χ1v) is 16.6. The van der Waals surface area contributed by atoms with Gasteiger partial charge in [-0.2, -0.15) is 0 Å². The first-order chi connectivity index (χ1) is 22.5. The van der Waals surface area contributed by atoms with Crippen LogP contribution in [0.5, 0.6) is 0 Å². The second-order valence-corrected chi connectivity index (χ2v) is 13.7. The van der Waals surface area contributed by atoms with Crippen molar-refractivity contribution in [2.75, 3.05) is 34.7 Å². The van der Waals surface area contributed by atoms with Crippen LogP contribution in [0.15, 0.2) is 0 Å². The minimum atomic E-state index is -1.22. The normalized spacial score (nSPS) is 13.7. The number of esters is 1. The van der Waals surface area contributed by atoms with Gasteiger partial charge in [-0.1, -0.05) is 34.6 Å². The molecule has 4 N–H and O–H groups in total. The number of carbonyl (C=O) groups is 8. The molecule has 0 saturated carbocycles. The lowest BCUT2D eigenvalue weighted by Crippen LogP contribution is -2.60. The Hall–Kier alpha value is -4.24. The molecular formula is C33H59N7O9. The summed E-state index contributed by atoms with van der Waals surface area (Å²) in [6.07, 6.45) is 0.938. The number of carbonyl (C=O) groups excluding carboxylic acids is 8. The largest absolute Gasteiger partial charge is 0.460 e. The fourth-order valence-corrected chi connectivity index (χ4v) is 4.96. The Labute approximate surface area is 290 Å². The highest BCUT2D eigenvalue weighted by Gasteiger charge is 2.39. The molecule has 280 valence electrons. The molecule has 0 spiro atoms. The van der Waals surface area contributed by atoms with E-state index >= 15 is 0 Å². The molecule has 0 aliphatic rings. The van der Waals surface area contributed by atoms with Gasteiger partial charge in [-0.15, -0.1) is 0 Å². The van der Waals surface area contributed by atoms with Crippen molar-refractivity contribution in [3.63, 3.8) is 0 Å². The van der Waals surface area contributed by atoms with Crippen LogP contribution in [0.4, 0.5) is 4.79 Å². The molecular weight excluding hydrogens is 638 g/mol. The van der Waals surface area contributed by atoms with Gasteiger partial charge >= 0.3 is 12.0 Å². The average Bonchev–Trinajstić information content (AvgIpc) is 2.98. The van der Waals surface area contributed by atoms with E-state index in [1.165, 1.54) is 56.7 Å². The van der Waals surface area contributed by atoms with Crippen molar-refractivity contribution < 1.29 is 43.1 Å². The van der Waals surface area contributed by atoms with Gasteiger partial charge < -0.3 is 35.4 Å². The molecule has 0 aromatic heterocycles. The van der Waals surface area contributed by atoms with Crippen LogP contribution in [0.25, 0.3) is 0 Å². The number of rotatable bonds is 18. The second kappa shape index (κ2) is 20.3. The van der Waals surface area contributed by atoms with Crippen molar-refractivity contribution in [1.82, 2.24) is 36.0 Å². The predicted molar refractivity (Wildman–Crippen MR) is 183 cm³/mol. The smallest absolute Gasteiger partial charge is 0.321 e. The summed E-state index contributed by atoms with van der Waals surface area (Å²) in [4.78, 5) is 106. The third-order valence-corrected chi connectivity index (χ3v) is 7.79. The van der Waals surface area contributed by atoms with Crippen molar-refractivity contribution >= 4 is 47.4 Å². The highest BCUT2D eigenvalue weighted by Crippen LogP contribution is 2.22. The SMILES string of the molecule is CCCC(=O)N(C)CC(=O)N(C)[C@@H](CC(C)(C)OC(C)=O)C(=O)N[C@H](C(=O)N(C)[C@@H](CC(C)C)C(=O)N[C@H](C)C(=O)NC(=O)NC)C(C)C. The van der Waals surface area contributed by atoms with Gasteiger partial charge in [-0.25, -0.2) is 4.79 Å². The molecule has 0 aliphatic heterocycles. The van der Waals surface area contributed by atoms with Gasteiger partial charge in [0.25, 0.3) is 0 Å². The third kappa shape index (κ3) is 15.2. The zero-order valence-electron chi connectivity index (χ0n) is 31.5. The lowest BCUT2D eigenvalue weighted by molar-refractivity contribution is -0.158. The summed E-state index contributed by atoms with van der Waals surface area (Å²) in [5, 5.41) is 9.65. The molecule has 0 aromatic rings. The number of urea groups is 1. The van der Waals surface area contributed by atoms with E-state index in [1.807, 2.05) is 20.8 Å². The van der Waals surface area contributed by atoms with E-state index in [9.17, 15) is 38.4 Å². The Morgan fingerprint density at radius 3 is 1.80 bits per heavy atom. The summed E-state index contributed by atoms with van der Waals surface area (Å²) in [5.74, 6) is -4.57. The molecule has 0 rings (SSSR count). The minimum absolute atomic E-state index is 0.0528.